The second-order valence-electron chi connectivity index (χ2n) is 4.26. The summed E-state index contributed by atoms with van der Waals surface area (Å²) in [5.41, 5.74) is 8.48. The predicted molar refractivity (Wildman–Crippen MR) is 76.0 cm³/mol. The standard InChI is InChI=1S/C15H19N3O/c1-2-11-19-13-5-3-12(4-6-13)15-14(7-8-16)17-9-10-18-15/h3-6,9-10H,2,7-8,11,16H2,1H3. The smallest absolute Gasteiger partial charge is 0.119 e. The first-order valence-corrected chi connectivity index (χ1v) is 6.58. The molecule has 19 heavy (non-hydrogen) atoms. The van der Waals surface area contributed by atoms with Gasteiger partial charge < -0.3 is 10.5 Å². The van der Waals surface area contributed by atoms with Crippen LogP contribution in [0.1, 0.15) is 19.0 Å². The largest absolute Gasteiger partial charge is 0.494 e. The summed E-state index contributed by atoms with van der Waals surface area (Å²) >= 11 is 0. The molecule has 4 nitrogen and oxygen atoms in total. The molecule has 4 heteroatoms. The maximum Gasteiger partial charge on any atom is 0.119 e. The molecule has 0 atom stereocenters. The van der Waals surface area contributed by atoms with Crippen molar-refractivity contribution in [2.24, 2.45) is 5.73 Å². The zero-order valence-corrected chi connectivity index (χ0v) is 11.2. The Morgan fingerprint density at radius 1 is 1.11 bits per heavy atom. The molecule has 0 aliphatic rings. The Labute approximate surface area is 113 Å². The molecule has 2 aromatic rings. The zero-order valence-electron chi connectivity index (χ0n) is 11.2. The number of nitrogens with two attached hydrogens (primary N) is 1. The summed E-state index contributed by atoms with van der Waals surface area (Å²) in [4.78, 5) is 8.74. The fourth-order valence-electron chi connectivity index (χ4n) is 1.86. The third-order valence-corrected chi connectivity index (χ3v) is 2.76. The maximum absolute atomic E-state index is 5.60. The Balaban J connectivity index is 2.22. The van der Waals surface area contributed by atoms with Gasteiger partial charge in [0.25, 0.3) is 0 Å². The Bertz CT molecular complexity index is 511. The van der Waals surface area contributed by atoms with E-state index in [9.17, 15) is 0 Å². The molecular formula is C15H19N3O. The van der Waals surface area contributed by atoms with Crippen LogP contribution in [0.3, 0.4) is 0 Å². The van der Waals surface area contributed by atoms with Crippen molar-refractivity contribution >= 4 is 0 Å². The molecule has 100 valence electrons. The van der Waals surface area contributed by atoms with Crippen LogP contribution in [0.15, 0.2) is 36.7 Å². The molecule has 0 bridgehead atoms. The van der Waals surface area contributed by atoms with Crippen molar-refractivity contribution < 1.29 is 4.74 Å². The minimum absolute atomic E-state index is 0.573. The first-order valence-electron chi connectivity index (χ1n) is 6.58. The topological polar surface area (TPSA) is 61.0 Å². The van der Waals surface area contributed by atoms with Crippen LogP contribution in [-0.2, 0) is 6.42 Å². The van der Waals surface area contributed by atoms with Crippen molar-refractivity contribution in [2.75, 3.05) is 13.2 Å². The first kappa shape index (κ1) is 13.5. The Kier molecular flexibility index (Phi) is 4.86. The van der Waals surface area contributed by atoms with Gasteiger partial charge in [-0.2, -0.15) is 0 Å². The van der Waals surface area contributed by atoms with E-state index in [0.717, 1.165) is 42.1 Å². The van der Waals surface area contributed by atoms with Crippen LogP contribution >= 0.6 is 0 Å². The third kappa shape index (κ3) is 3.51. The molecule has 0 saturated heterocycles. The van der Waals surface area contributed by atoms with Crippen LogP contribution < -0.4 is 10.5 Å². The summed E-state index contributed by atoms with van der Waals surface area (Å²) in [7, 11) is 0. The number of aromatic nitrogens is 2. The molecule has 1 aromatic carbocycles. The molecule has 0 aliphatic carbocycles. The Hall–Kier alpha value is -1.94. The lowest BCUT2D eigenvalue weighted by molar-refractivity contribution is 0.317. The minimum Gasteiger partial charge on any atom is -0.494 e. The molecule has 0 radical (unpaired) electrons. The highest BCUT2D eigenvalue weighted by molar-refractivity contribution is 5.62. The average molecular weight is 257 g/mol. The normalized spacial score (nSPS) is 10.4. The van der Waals surface area contributed by atoms with Gasteiger partial charge in [-0.15, -0.1) is 0 Å². The number of hydrogen-bond donors (Lipinski definition) is 1. The van der Waals surface area contributed by atoms with Gasteiger partial charge in [0.2, 0.25) is 0 Å². The van der Waals surface area contributed by atoms with Crippen molar-refractivity contribution in [1.82, 2.24) is 9.97 Å². The lowest BCUT2D eigenvalue weighted by atomic mass is 10.1. The SMILES string of the molecule is CCCOc1ccc(-c2nccnc2CCN)cc1. The van der Waals surface area contributed by atoms with Gasteiger partial charge in [-0.25, -0.2) is 0 Å². The van der Waals surface area contributed by atoms with Crippen molar-refractivity contribution in [3.8, 4) is 17.0 Å². The maximum atomic E-state index is 5.60. The highest BCUT2D eigenvalue weighted by Crippen LogP contribution is 2.22. The predicted octanol–water partition coefficient (Wildman–Crippen LogP) is 2.43. The van der Waals surface area contributed by atoms with Crippen LogP contribution in [0.4, 0.5) is 0 Å². The summed E-state index contributed by atoms with van der Waals surface area (Å²) in [6.45, 7) is 3.40. The van der Waals surface area contributed by atoms with Crippen LogP contribution in [-0.4, -0.2) is 23.1 Å². The minimum atomic E-state index is 0.573. The monoisotopic (exact) mass is 257 g/mol. The molecule has 0 unspecified atom stereocenters. The van der Waals surface area contributed by atoms with Crippen LogP contribution in [0, 0.1) is 0 Å². The molecule has 2 N–H and O–H groups in total. The lowest BCUT2D eigenvalue weighted by Crippen LogP contribution is -2.06. The third-order valence-electron chi connectivity index (χ3n) is 2.76. The summed E-state index contributed by atoms with van der Waals surface area (Å²) in [5, 5.41) is 0. The van der Waals surface area contributed by atoms with Crippen LogP contribution in [0.2, 0.25) is 0 Å². The summed E-state index contributed by atoms with van der Waals surface area (Å²) < 4.78 is 5.57. The molecule has 0 amide bonds. The Morgan fingerprint density at radius 3 is 2.53 bits per heavy atom. The van der Waals surface area contributed by atoms with Gasteiger partial charge in [-0.05, 0) is 37.2 Å². The van der Waals surface area contributed by atoms with E-state index in [0.29, 0.717) is 6.54 Å². The van der Waals surface area contributed by atoms with E-state index in [1.165, 1.54) is 0 Å². The summed E-state index contributed by atoms with van der Waals surface area (Å²) in [6, 6.07) is 7.95. The van der Waals surface area contributed by atoms with Crippen molar-refractivity contribution in [3.05, 3.63) is 42.4 Å². The van der Waals surface area contributed by atoms with E-state index in [4.69, 9.17) is 10.5 Å². The molecule has 0 aliphatic heterocycles. The van der Waals surface area contributed by atoms with E-state index >= 15 is 0 Å². The van der Waals surface area contributed by atoms with Gasteiger partial charge in [0, 0.05) is 24.4 Å². The number of nitrogens with zero attached hydrogens (tertiary/aromatic N) is 2. The molecule has 0 spiro atoms. The van der Waals surface area contributed by atoms with Crippen LogP contribution in [0.25, 0.3) is 11.3 Å². The number of hydrogen-bond acceptors (Lipinski definition) is 4. The van der Waals surface area contributed by atoms with Gasteiger partial charge in [-0.1, -0.05) is 6.92 Å². The summed E-state index contributed by atoms with van der Waals surface area (Å²) in [6.07, 6.45) is 5.15. The van der Waals surface area contributed by atoms with Gasteiger partial charge in [0.05, 0.1) is 18.0 Å². The van der Waals surface area contributed by atoms with Gasteiger partial charge >= 0.3 is 0 Å². The first-order chi connectivity index (χ1) is 9.35. The zero-order chi connectivity index (χ0) is 13.5. The Morgan fingerprint density at radius 2 is 1.84 bits per heavy atom. The van der Waals surface area contributed by atoms with Crippen molar-refractivity contribution in [2.45, 2.75) is 19.8 Å². The van der Waals surface area contributed by atoms with Crippen molar-refractivity contribution in [1.29, 1.82) is 0 Å². The highest BCUT2D eigenvalue weighted by Gasteiger charge is 2.07. The van der Waals surface area contributed by atoms with Crippen LogP contribution in [0.5, 0.6) is 5.75 Å². The fraction of sp³-hybridized carbons (Fsp3) is 0.333. The molecule has 1 heterocycles. The van der Waals surface area contributed by atoms with Gasteiger partial charge in [0.1, 0.15) is 5.75 Å². The van der Waals surface area contributed by atoms with E-state index < -0.39 is 0 Å². The second kappa shape index (κ2) is 6.85. The van der Waals surface area contributed by atoms with E-state index in [-0.39, 0.29) is 0 Å². The van der Waals surface area contributed by atoms with E-state index in [2.05, 4.69) is 16.9 Å². The molecule has 0 saturated carbocycles. The lowest BCUT2D eigenvalue weighted by Gasteiger charge is -2.08. The summed E-state index contributed by atoms with van der Waals surface area (Å²) in [5.74, 6) is 0.884. The van der Waals surface area contributed by atoms with Gasteiger partial charge in [-0.3, -0.25) is 9.97 Å². The molecule has 1 aromatic heterocycles. The average Bonchev–Trinajstić information content (AvgIpc) is 2.47. The fourth-order valence-corrected chi connectivity index (χ4v) is 1.86. The van der Waals surface area contributed by atoms with E-state index in [1.54, 1.807) is 12.4 Å². The molecule has 2 rings (SSSR count). The quantitative estimate of drug-likeness (QED) is 0.863. The number of rotatable bonds is 6. The van der Waals surface area contributed by atoms with E-state index in [1.807, 2.05) is 24.3 Å². The molecular weight excluding hydrogens is 238 g/mol. The van der Waals surface area contributed by atoms with Gasteiger partial charge in [0.15, 0.2) is 0 Å². The van der Waals surface area contributed by atoms with Crippen molar-refractivity contribution in [3.63, 3.8) is 0 Å². The molecule has 0 fully saturated rings. The number of benzene rings is 1. The second-order valence-corrected chi connectivity index (χ2v) is 4.26. The number of ether oxygens (including phenoxy) is 1. The highest BCUT2D eigenvalue weighted by atomic mass is 16.5.